The van der Waals surface area contributed by atoms with Gasteiger partial charge in [-0.25, -0.2) is 8.42 Å². The molecule has 0 aliphatic carbocycles. The Morgan fingerprint density at radius 2 is 1.81 bits per heavy atom. The monoisotopic (exact) mass is 395 g/mol. The molecule has 138 valence electrons. The number of sulfone groups is 1. The maximum atomic E-state index is 13.2. The number of nitrogens with zero attached hydrogens (tertiary/aromatic N) is 1. The lowest BCUT2D eigenvalue weighted by Gasteiger charge is -2.31. The Hall–Kier alpha value is -2.09. The molecule has 2 aromatic rings. The molecule has 1 aliphatic rings. The number of methoxy groups -OCH3 is 1. The molecule has 1 N–H and O–H groups in total. The lowest BCUT2D eigenvalue weighted by molar-refractivity contribution is 0.0944. The second-order valence-electron chi connectivity index (χ2n) is 6.07. The van der Waals surface area contributed by atoms with Crippen molar-refractivity contribution in [3.8, 4) is 5.75 Å². The first-order chi connectivity index (χ1) is 12.3. The second-order valence-corrected chi connectivity index (χ2v) is 8.66. The van der Waals surface area contributed by atoms with E-state index in [1.807, 2.05) is 0 Å². The first kappa shape index (κ1) is 18.7. The quantitative estimate of drug-likeness (QED) is 0.857. The van der Waals surface area contributed by atoms with Crippen molar-refractivity contribution in [2.24, 2.45) is 0 Å². The van der Waals surface area contributed by atoms with Crippen LogP contribution in [0.2, 0.25) is 5.02 Å². The number of hydrogen-bond acceptors (Lipinski definition) is 5. The molecule has 1 amide bonds. The van der Waals surface area contributed by atoms with Crippen LogP contribution in [-0.4, -0.2) is 50.2 Å². The third-order valence-electron chi connectivity index (χ3n) is 4.28. The number of para-hydroxylation sites is 2. The van der Waals surface area contributed by atoms with Crippen LogP contribution in [0.5, 0.6) is 5.75 Å². The van der Waals surface area contributed by atoms with Crippen molar-refractivity contribution < 1.29 is 23.1 Å². The van der Waals surface area contributed by atoms with Crippen LogP contribution >= 0.6 is 11.6 Å². The van der Waals surface area contributed by atoms with Gasteiger partial charge in [-0.2, -0.15) is 0 Å². The average molecular weight is 396 g/mol. The van der Waals surface area contributed by atoms with Gasteiger partial charge < -0.3 is 9.84 Å². The summed E-state index contributed by atoms with van der Waals surface area (Å²) in [6.07, 6.45) is -1.18. The van der Waals surface area contributed by atoms with Crippen molar-refractivity contribution in [3.05, 3.63) is 59.1 Å². The Morgan fingerprint density at radius 1 is 1.15 bits per heavy atom. The zero-order chi connectivity index (χ0) is 18.9. The highest BCUT2D eigenvalue weighted by Gasteiger charge is 2.43. The molecule has 0 aromatic heterocycles. The van der Waals surface area contributed by atoms with E-state index in [2.05, 4.69) is 0 Å². The molecule has 1 heterocycles. The van der Waals surface area contributed by atoms with Gasteiger partial charge in [-0.05, 0) is 36.4 Å². The number of hydrogen-bond donors (Lipinski definition) is 1. The Balaban J connectivity index is 2.10. The predicted octanol–water partition coefficient (Wildman–Crippen LogP) is 2.15. The number of carbonyl (C=O) groups is 1. The number of halogens is 1. The fraction of sp³-hybridized carbons (Fsp3) is 0.278. The number of rotatable bonds is 4. The molecule has 0 spiro atoms. The van der Waals surface area contributed by atoms with Crippen LogP contribution < -0.4 is 9.64 Å². The van der Waals surface area contributed by atoms with E-state index in [0.29, 0.717) is 22.0 Å². The molecule has 0 saturated carbocycles. The SMILES string of the molecule is COc1ccccc1N(C(=O)c1ccc(Cl)cc1)C1CS(=O)(=O)CC1O. The normalized spacial score (nSPS) is 21.3. The topological polar surface area (TPSA) is 83.9 Å². The zero-order valence-electron chi connectivity index (χ0n) is 14.0. The summed E-state index contributed by atoms with van der Waals surface area (Å²) in [7, 11) is -1.98. The number of aliphatic hydroxyl groups is 1. The Bertz CT molecular complexity index is 913. The van der Waals surface area contributed by atoms with Crippen LogP contribution in [0.15, 0.2) is 48.5 Å². The average Bonchev–Trinajstić information content (AvgIpc) is 2.88. The smallest absolute Gasteiger partial charge is 0.258 e. The minimum absolute atomic E-state index is 0.314. The minimum Gasteiger partial charge on any atom is -0.495 e. The van der Waals surface area contributed by atoms with Gasteiger partial charge in [0.1, 0.15) is 5.75 Å². The van der Waals surface area contributed by atoms with Gasteiger partial charge in [0.2, 0.25) is 0 Å². The summed E-state index contributed by atoms with van der Waals surface area (Å²) >= 11 is 5.88. The fourth-order valence-corrected chi connectivity index (χ4v) is 4.95. The molecule has 2 atom stereocenters. The third-order valence-corrected chi connectivity index (χ3v) is 6.23. The number of ether oxygens (including phenoxy) is 1. The maximum Gasteiger partial charge on any atom is 0.258 e. The summed E-state index contributed by atoms with van der Waals surface area (Å²) in [5, 5.41) is 10.8. The summed E-state index contributed by atoms with van der Waals surface area (Å²) in [5.74, 6) is -0.721. The largest absolute Gasteiger partial charge is 0.495 e. The molecule has 0 bridgehead atoms. The summed E-state index contributed by atoms with van der Waals surface area (Å²) in [5.41, 5.74) is 0.730. The highest BCUT2D eigenvalue weighted by atomic mass is 35.5. The fourth-order valence-electron chi connectivity index (χ4n) is 3.06. The van der Waals surface area contributed by atoms with Crippen LogP contribution in [0.4, 0.5) is 5.69 Å². The van der Waals surface area contributed by atoms with E-state index < -0.39 is 27.9 Å². The van der Waals surface area contributed by atoms with Gasteiger partial charge in [-0.1, -0.05) is 23.7 Å². The summed E-state index contributed by atoms with van der Waals surface area (Å²) in [6, 6.07) is 12.2. The summed E-state index contributed by atoms with van der Waals surface area (Å²) < 4.78 is 29.3. The van der Waals surface area contributed by atoms with E-state index in [9.17, 15) is 18.3 Å². The van der Waals surface area contributed by atoms with Crippen LogP contribution in [-0.2, 0) is 9.84 Å². The molecular formula is C18H18ClNO5S. The van der Waals surface area contributed by atoms with E-state index in [1.54, 1.807) is 48.5 Å². The van der Waals surface area contributed by atoms with Crippen molar-refractivity contribution in [3.63, 3.8) is 0 Å². The Kier molecular flexibility index (Phi) is 5.22. The minimum atomic E-state index is -3.45. The predicted molar refractivity (Wildman–Crippen MR) is 99.7 cm³/mol. The molecule has 26 heavy (non-hydrogen) atoms. The van der Waals surface area contributed by atoms with E-state index in [4.69, 9.17) is 16.3 Å². The van der Waals surface area contributed by atoms with Gasteiger partial charge in [0.05, 0.1) is 36.4 Å². The molecule has 1 saturated heterocycles. The van der Waals surface area contributed by atoms with Crippen LogP contribution in [0.25, 0.3) is 0 Å². The van der Waals surface area contributed by atoms with Gasteiger partial charge >= 0.3 is 0 Å². The first-order valence-electron chi connectivity index (χ1n) is 7.93. The van der Waals surface area contributed by atoms with Gasteiger partial charge in [0, 0.05) is 10.6 Å². The van der Waals surface area contributed by atoms with E-state index >= 15 is 0 Å². The molecule has 3 rings (SSSR count). The Labute approximate surface area is 156 Å². The van der Waals surface area contributed by atoms with Crippen LogP contribution in [0.1, 0.15) is 10.4 Å². The molecular weight excluding hydrogens is 378 g/mol. The van der Waals surface area contributed by atoms with E-state index in [1.165, 1.54) is 12.0 Å². The lowest BCUT2D eigenvalue weighted by atomic mass is 10.1. The number of aliphatic hydroxyl groups excluding tert-OH is 1. The molecule has 1 fully saturated rings. The third kappa shape index (κ3) is 3.70. The molecule has 2 aromatic carbocycles. The van der Waals surface area contributed by atoms with Crippen molar-refractivity contribution in [2.75, 3.05) is 23.5 Å². The van der Waals surface area contributed by atoms with Crippen LogP contribution in [0, 0.1) is 0 Å². The molecule has 1 aliphatic heterocycles. The highest BCUT2D eigenvalue weighted by molar-refractivity contribution is 7.91. The van der Waals surface area contributed by atoms with Crippen molar-refractivity contribution in [2.45, 2.75) is 12.1 Å². The standard InChI is InChI=1S/C18H18ClNO5S/c1-25-17-5-3-2-4-14(17)20(15-10-26(23,24)11-16(15)21)18(22)12-6-8-13(19)9-7-12/h2-9,15-16,21H,10-11H2,1H3. The second kappa shape index (κ2) is 7.26. The summed E-state index contributed by atoms with van der Waals surface area (Å²) in [6.45, 7) is 0. The molecule has 0 radical (unpaired) electrons. The molecule has 8 heteroatoms. The van der Waals surface area contributed by atoms with E-state index in [0.717, 1.165) is 0 Å². The van der Waals surface area contributed by atoms with Gasteiger partial charge in [-0.15, -0.1) is 0 Å². The Morgan fingerprint density at radius 3 is 2.38 bits per heavy atom. The lowest BCUT2D eigenvalue weighted by Crippen LogP contribution is -2.47. The van der Waals surface area contributed by atoms with Crippen molar-refractivity contribution in [1.29, 1.82) is 0 Å². The molecule has 6 nitrogen and oxygen atoms in total. The van der Waals surface area contributed by atoms with Gasteiger partial charge in [0.25, 0.3) is 5.91 Å². The number of carbonyl (C=O) groups excluding carboxylic acids is 1. The first-order valence-corrected chi connectivity index (χ1v) is 10.1. The van der Waals surface area contributed by atoms with E-state index in [-0.39, 0.29) is 11.5 Å². The van der Waals surface area contributed by atoms with Crippen molar-refractivity contribution in [1.82, 2.24) is 0 Å². The highest BCUT2D eigenvalue weighted by Crippen LogP contribution is 2.33. The van der Waals surface area contributed by atoms with Gasteiger partial charge in [-0.3, -0.25) is 9.69 Å². The number of benzene rings is 2. The number of anilines is 1. The summed E-state index contributed by atoms with van der Waals surface area (Å²) in [4.78, 5) is 14.5. The maximum absolute atomic E-state index is 13.2. The van der Waals surface area contributed by atoms with Gasteiger partial charge in [0.15, 0.2) is 9.84 Å². The molecule has 2 unspecified atom stereocenters. The zero-order valence-corrected chi connectivity index (χ0v) is 15.6. The number of amides is 1. The van der Waals surface area contributed by atoms with Crippen molar-refractivity contribution >= 4 is 33.0 Å². The van der Waals surface area contributed by atoms with Crippen LogP contribution in [0.3, 0.4) is 0 Å².